The third kappa shape index (κ3) is 10.6. The molecule has 0 aliphatic rings. The van der Waals surface area contributed by atoms with E-state index in [1.54, 1.807) is 7.11 Å². The Balaban J connectivity index is 3.12. The number of halogens is 1. The fraction of sp³-hybridized carbons (Fsp3) is 1.00. The molecule has 0 aliphatic carbocycles. The molecule has 0 aromatic carbocycles. The number of rotatable bonds is 8. The summed E-state index contributed by atoms with van der Waals surface area (Å²) in [4.78, 5) is 0. The SMILES string of the molecule is COCOCCCC(C)CC(C)I. The van der Waals surface area contributed by atoms with Gasteiger partial charge in [0.25, 0.3) is 0 Å². The van der Waals surface area contributed by atoms with E-state index in [0.29, 0.717) is 6.79 Å². The Kier molecular flexibility index (Phi) is 9.68. The normalized spacial score (nSPS) is 15.7. The molecule has 0 amide bonds. The van der Waals surface area contributed by atoms with E-state index in [4.69, 9.17) is 9.47 Å². The third-order valence-corrected chi connectivity index (χ3v) is 2.42. The molecule has 0 aromatic heterocycles. The molecule has 0 radical (unpaired) electrons. The first-order chi connectivity index (χ1) is 6.16. The van der Waals surface area contributed by atoms with Crippen LogP contribution in [0.5, 0.6) is 0 Å². The molecule has 0 aliphatic heterocycles. The average Bonchev–Trinajstić information content (AvgIpc) is 2.02. The molecule has 0 rings (SSSR count). The Bertz CT molecular complexity index is 107. The fourth-order valence-corrected chi connectivity index (χ4v) is 2.22. The van der Waals surface area contributed by atoms with E-state index in [1.165, 1.54) is 12.8 Å². The van der Waals surface area contributed by atoms with E-state index in [2.05, 4.69) is 36.4 Å². The first kappa shape index (κ1) is 13.7. The maximum absolute atomic E-state index is 5.21. The van der Waals surface area contributed by atoms with E-state index in [9.17, 15) is 0 Å². The lowest BCUT2D eigenvalue weighted by atomic mass is 10.0. The average molecular weight is 300 g/mol. The quantitative estimate of drug-likeness (QED) is 0.296. The zero-order chi connectivity index (χ0) is 10.1. The third-order valence-electron chi connectivity index (χ3n) is 1.91. The van der Waals surface area contributed by atoms with Crippen molar-refractivity contribution in [2.45, 2.75) is 37.0 Å². The molecule has 0 saturated carbocycles. The van der Waals surface area contributed by atoms with Gasteiger partial charge >= 0.3 is 0 Å². The molecule has 3 heteroatoms. The summed E-state index contributed by atoms with van der Waals surface area (Å²) in [6.07, 6.45) is 3.72. The first-order valence-corrected chi connectivity index (χ1v) is 6.12. The minimum absolute atomic E-state index is 0.428. The molecule has 0 heterocycles. The predicted molar refractivity (Wildman–Crippen MR) is 64.3 cm³/mol. The summed E-state index contributed by atoms with van der Waals surface area (Å²) in [5.41, 5.74) is 0. The highest BCUT2D eigenvalue weighted by molar-refractivity contribution is 14.1. The zero-order valence-electron chi connectivity index (χ0n) is 8.88. The van der Waals surface area contributed by atoms with Crippen LogP contribution in [-0.2, 0) is 9.47 Å². The molecule has 0 spiro atoms. The largest absolute Gasteiger partial charge is 0.359 e. The van der Waals surface area contributed by atoms with E-state index < -0.39 is 0 Å². The van der Waals surface area contributed by atoms with Crippen molar-refractivity contribution in [3.63, 3.8) is 0 Å². The van der Waals surface area contributed by atoms with Crippen LogP contribution in [-0.4, -0.2) is 24.4 Å². The van der Waals surface area contributed by atoms with Gasteiger partial charge in [0.1, 0.15) is 6.79 Å². The van der Waals surface area contributed by atoms with Crippen molar-refractivity contribution < 1.29 is 9.47 Å². The summed E-state index contributed by atoms with van der Waals surface area (Å²) in [6.45, 7) is 5.83. The van der Waals surface area contributed by atoms with Gasteiger partial charge in [0.15, 0.2) is 0 Å². The smallest absolute Gasteiger partial charge is 0.146 e. The minimum Gasteiger partial charge on any atom is -0.359 e. The maximum atomic E-state index is 5.21. The topological polar surface area (TPSA) is 18.5 Å². The van der Waals surface area contributed by atoms with Crippen LogP contribution in [0.2, 0.25) is 0 Å². The first-order valence-electron chi connectivity index (χ1n) is 4.87. The summed E-state index contributed by atoms with van der Waals surface area (Å²) < 4.78 is 10.8. The lowest BCUT2D eigenvalue weighted by Gasteiger charge is -2.12. The lowest BCUT2D eigenvalue weighted by Crippen LogP contribution is -2.04. The number of alkyl halides is 1. The van der Waals surface area contributed by atoms with Gasteiger partial charge < -0.3 is 9.47 Å². The summed E-state index contributed by atoms with van der Waals surface area (Å²) in [5.74, 6) is 0.818. The van der Waals surface area contributed by atoms with E-state index in [0.717, 1.165) is 22.9 Å². The van der Waals surface area contributed by atoms with Crippen molar-refractivity contribution in [2.24, 2.45) is 5.92 Å². The number of ether oxygens (including phenoxy) is 2. The van der Waals surface area contributed by atoms with Crippen LogP contribution in [0.1, 0.15) is 33.1 Å². The molecule has 0 N–H and O–H groups in total. The fourth-order valence-electron chi connectivity index (χ4n) is 1.35. The molecular weight excluding hydrogens is 279 g/mol. The van der Waals surface area contributed by atoms with Crippen molar-refractivity contribution >= 4 is 22.6 Å². The minimum atomic E-state index is 0.428. The van der Waals surface area contributed by atoms with Crippen LogP contribution >= 0.6 is 22.6 Å². The maximum Gasteiger partial charge on any atom is 0.146 e. The van der Waals surface area contributed by atoms with Crippen molar-refractivity contribution in [3.8, 4) is 0 Å². The molecular formula is C10H21IO2. The van der Waals surface area contributed by atoms with Gasteiger partial charge in [-0.2, -0.15) is 0 Å². The Morgan fingerprint density at radius 3 is 2.54 bits per heavy atom. The molecule has 2 atom stereocenters. The molecule has 0 bridgehead atoms. The Hall–Kier alpha value is 0.650. The van der Waals surface area contributed by atoms with Gasteiger partial charge in [0, 0.05) is 17.6 Å². The van der Waals surface area contributed by atoms with Crippen LogP contribution in [0.3, 0.4) is 0 Å². The number of hydrogen-bond acceptors (Lipinski definition) is 2. The van der Waals surface area contributed by atoms with E-state index in [-0.39, 0.29) is 0 Å². The molecule has 0 fully saturated rings. The highest BCUT2D eigenvalue weighted by atomic mass is 127. The van der Waals surface area contributed by atoms with Gasteiger partial charge in [0.2, 0.25) is 0 Å². The standard InChI is InChI=1S/C10H21IO2/c1-9(7-10(2)11)5-4-6-13-8-12-3/h9-10H,4-8H2,1-3H3. The Morgan fingerprint density at radius 2 is 2.00 bits per heavy atom. The number of hydrogen-bond donors (Lipinski definition) is 0. The summed E-state index contributed by atoms with van der Waals surface area (Å²) in [7, 11) is 1.65. The molecule has 80 valence electrons. The predicted octanol–water partition coefficient (Wildman–Crippen LogP) is 3.24. The monoisotopic (exact) mass is 300 g/mol. The van der Waals surface area contributed by atoms with Crippen molar-refractivity contribution in [1.29, 1.82) is 0 Å². The van der Waals surface area contributed by atoms with Crippen molar-refractivity contribution in [3.05, 3.63) is 0 Å². The molecule has 2 unspecified atom stereocenters. The van der Waals surface area contributed by atoms with Crippen molar-refractivity contribution in [1.82, 2.24) is 0 Å². The van der Waals surface area contributed by atoms with Crippen LogP contribution in [0.4, 0.5) is 0 Å². The lowest BCUT2D eigenvalue weighted by molar-refractivity contribution is -0.0322. The van der Waals surface area contributed by atoms with Gasteiger partial charge in [0.05, 0.1) is 0 Å². The van der Waals surface area contributed by atoms with Crippen LogP contribution in [0.15, 0.2) is 0 Å². The van der Waals surface area contributed by atoms with Gasteiger partial charge in [-0.1, -0.05) is 36.4 Å². The van der Waals surface area contributed by atoms with E-state index in [1.807, 2.05) is 0 Å². The summed E-state index contributed by atoms with van der Waals surface area (Å²) >= 11 is 2.48. The molecule has 0 saturated heterocycles. The van der Waals surface area contributed by atoms with Gasteiger partial charge in [-0.05, 0) is 25.2 Å². The second-order valence-corrected chi connectivity index (χ2v) is 5.71. The molecule has 2 nitrogen and oxygen atoms in total. The second-order valence-electron chi connectivity index (χ2n) is 3.58. The Morgan fingerprint density at radius 1 is 1.31 bits per heavy atom. The zero-order valence-corrected chi connectivity index (χ0v) is 11.0. The highest BCUT2D eigenvalue weighted by Gasteiger charge is 2.05. The molecule has 0 aromatic rings. The van der Waals surface area contributed by atoms with E-state index >= 15 is 0 Å². The van der Waals surface area contributed by atoms with Crippen molar-refractivity contribution in [2.75, 3.05) is 20.5 Å². The second kappa shape index (κ2) is 9.21. The Labute approximate surface area is 95.5 Å². The summed E-state index contributed by atoms with van der Waals surface area (Å²) in [6, 6.07) is 0. The summed E-state index contributed by atoms with van der Waals surface area (Å²) in [5, 5.41) is 0. The van der Waals surface area contributed by atoms with Gasteiger partial charge in [-0.15, -0.1) is 0 Å². The highest BCUT2D eigenvalue weighted by Crippen LogP contribution is 2.17. The van der Waals surface area contributed by atoms with Crippen LogP contribution in [0, 0.1) is 5.92 Å². The van der Waals surface area contributed by atoms with Gasteiger partial charge in [-0.25, -0.2) is 0 Å². The molecule has 13 heavy (non-hydrogen) atoms. The van der Waals surface area contributed by atoms with Gasteiger partial charge in [-0.3, -0.25) is 0 Å². The number of methoxy groups -OCH3 is 1. The van der Waals surface area contributed by atoms with Crippen LogP contribution < -0.4 is 0 Å². The van der Waals surface area contributed by atoms with Crippen LogP contribution in [0.25, 0.3) is 0 Å².